The molecule has 1 atom stereocenters. The fraction of sp³-hybridized carbons (Fsp3) is 0.538. The third kappa shape index (κ3) is 6.31. The SMILES string of the molecule is CCc1cc(CNS(C)(=O)=O)cc(OC[C@H](F)CN)c1. The molecule has 0 radical (unpaired) electrons. The summed E-state index contributed by atoms with van der Waals surface area (Å²) in [6, 6.07) is 5.40. The van der Waals surface area contributed by atoms with Gasteiger partial charge in [-0.2, -0.15) is 0 Å². The largest absolute Gasteiger partial charge is 0.490 e. The Balaban J connectivity index is 2.79. The molecule has 3 N–H and O–H groups in total. The fourth-order valence-electron chi connectivity index (χ4n) is 1.59. The number of rotatable bonds is 8. The van der Waals surface area contributed by atoms with Gasteiger partial charge in [-0.3, -0.25) is 0 Å². The van der Waals surface area contributed by atoms with Crippen LogP contribution in [-0.4, -0.2) is 34.0 Å². The van der Waals surface area contributed by atoms with Gasteiger partial charge in [0.1, 0.15) is 18.5 Å². The van der Waals surface area contributed by atoms with Crippen LogP contribution < -0.4 is 15.2 Å². The Morgan fingerprint density at radius 1 is 1.35 bits per heavy atom. The van der Waals surface area contributed by atoms with E-state index in [0.717, 1.165) is 23.8 Å². The van der Waals surface area contributed by atoms with Gasteiger partial charge in [0.2, 0.25) is 10.0 Å². The lowest BCUT2D eigenvalue weighted by Gasteiger charge is -2.12. The van der Waals surface area contributed by atoms with Crippen molar-refractivity contribution in [1.29, 1.82) is 0 Å². The minimum Gasteiger partial charge on any atom is -0.490 e. The molecule has 1 aromatic rings. The lowest BCUT2D eigenvalue weighted by Crippen LogP contribution is -2.23. The highest BCUT2D eigenvalue weighted by Crippen LogP contribution is 2.18. The molecule has 0 fully saturated rings. The molecule has 114 valence electrons. The summed E-state index contributed by atoms with van der Waals surface area (Å²) in [5.74, 6) is 0.519. The van der Waals surface area contributed by atoms with Crippen LogP contribution in [0, 0.1) is 0 Å². The molecule has 0 spiro atoms. The van der Waals surface area contributed by atoms with Crippen molar-refractivity contribution < 1.29 is 17.5 Å². The average Bonchev–Trinajstić information content (AvgIpc) is 2.41. The Labute approximate surface area is 119 Å². The van der Waals surface area contributed by atoms with E-state index in [1.54, 1.807) is 6.07 Å². The first kappa shape index (κ1) is 16.9. The number of alkyl halides is 1. The molecule has 0 aliphatic rings. The molecule has 0 unspecified atom stereocenters. The molecule has 0 amide bonds. The molecule has 0 aliphatic heterocycles. The average molecular weight is 304 g/mol. The minimum absolute atomic E-state index is 0.0873. The number of aryl methyl sites for hydroxylation is 1. The number of nitrogens with two attached hydrogens (primary N) is 1. The predicted octanol–water partition coefficient (Wildman–Crippen LogP) is 0.974. The zero-order valence-corrected chi connectivity index (χ0v) is 12.5. The monoisotopic (exact) mass is 304 g/mol. The van der Waals surface area contributed by atoms with Crippen LogP contribution >= 0.6 is 0 Å². The molecular weight excluding hydrogens is 283 g/mol. The van der Waals surface area contributed by atoms with E-state index in [1.807, 2.05) is 19.1 Å². The summed E-state index contributed by atoms with van der Waals surface area (Å²) in [5.41, 5.74) is 6.95. The molecule has 0 heterocycles. The van der Waals surface area contributed by atoms with Crippen LogP contribution in [0.4, 0.5) is 4.39 Å². The summed E-state index contributed by atoms with van der Waals surface area (Å²) in [5, 5.41) is 0. The van der Waals surface area contributed by atoms with E-state index in [2.05, 4.69) is 4.72 Å². The van der Waals surface area contributed by atoms with Gasteiger partial charge in [-0.05, 0) is 29.7 Å². The van der Waals surface area contributed by atoms with Gasteiger partial charge >= 0.3 is 0 Å². The molecule has 0 saturated carbocycles. The van der Waals surface area contributed by atoms with E-state index in [1.165, 1.54) is 0 Å². The van der Waals surface area contributed by atoms with Crippen molar-refractivity contribution in [2.75, 3.05) is 19.4 Å². The second-order valence-corrected chi connectivity index (χ2v) is 6.41. The Bertz CT molecular complexity index is 534. The first-order valence-corrected chi connectivity index (χ1v) is 8.27. The van der Waals surface area contributed by atoms with Gasteiger partial charge in [0.15, 0.2) is 0 Å². The second kappa shape index (κ2) is 7.56. The standard InChI is InChI=1S/C13H21FN2O3S/c1-3-10-4-11(8-16-20(2,17)18)6-13(5-10)19-9-12(14)7-15/h4-6,12,16H,3,7-9,15H2,1-2H3/t12-/m1/s1. The van der Waals surface area contributed by atoms with E-state index in [-0.39, 0.29) is 19.7 Å². The molecule has 7 heteroatoms. The van der Waals surface area contributed by atoms with Crippen LogP contribution in [0.3, 0.4) is 0 Å². The molecule has 1 rings (SSSR count). The van der Waals surface area contributed by atoms with Crippen molar-refractivity contribution >= 4 is 10.0 Å². The molecular formula is C13H21FN2O3S. The zero-order chi connectivity index (χ0) is 15.2. The summed E-state index contributed by atoms with van der Waals surface area (Å²) >= 11 is 0. The summed E-state index contributed by atoms with van der Waals surface area (Å²) in [4.78, 5) is 0. The Kier molecular flexibility index (Phi) is 6.38. The number of ether oxygens (including phenoxy) is 1. The highest BCUT2D eigenvalue weighted by atomic mass is 32.2. The van der Waals surface area contributed by atoms with E-state index in [9.17, 15) is 12.8 Å². The predicted molar refractivity (Wildman–Crippen MR) is 76.9 cm³/mol. The molecule has 20 heavy (non-hydrogen) atoms. The van der Waals surface area contributed by atoms with Gasteiger partial charge in [-0.15, -0.1) is 0 Å². The number of halogens is 1. The van der Waals surface area contributed by atoms with Crippen LogP contribution in [0.25, 0.3) is 0 Å². The Morgan fingerprint density at radius 3 is 2.55 bits per heavy atom. The molecule has 5 nitrogen and oxygen atoms in total. The maximum absolute atomic E-state index is 13.1. The maximum atomic E-state index is 13.1. The van der Waals surface area contributed by atoms with Gasteiger partial charge in [0.25, 0.3) is 0 Å². The minimum atomic E-state index is -3.25. The fourth-order valence-corrected chi connectivity index (χ4v) is 2.02. The third-order valence-electron chi connectivity index (χ3n) is 2.66. The lowest BCUT2D eigenvalue weighted by molar-refractivity contribution is 0.201. The summed E-state index contributed by atoms with van der Waals surface area (Å²) in [6.45, 7) is 1.96. The van der Waals surface area contributed by atoms with Gasteiger partial charge in [0, 0.05) is 13.1 Å². The molecule has 0 aliphatic carbocycles. The van der Waals surface area contributed by atoms with Crippen LogP contribution in [-0.2, 0) is 23.0 Å². The number of sulfonamides is 1. The molecule has 0 aromatic heterocycles. The van der Waals surface area contributed by atoms with Crippen molar-refractivity contribution in [1.82, 2.24) is 4.72 Å². The normalized spacial score (nSPS) is 13.2. The van der Waals surface area contributed by atoms with Crippen LogP contribution in [0.5, 0.6) is 5.75 Å². The number of benzene rings is 1. The molecule has 0 saturated heterocycles. The summed E-state index contributed by atoms with van der Waals surface area (Å²) in [7, 11) is -3.25. The highest BCUT2D eigenvalue weighted by molar-refractivity contribution is 7.88. The van der Waals surface area contributed by atoms with Crippen LogP contribution in [0.1, 0.15) is 18.1 Å². The number of hydrogen-bond acceptors (Lipinski definition) is 4. The van der Waals surface area contributed by atoms with Crippen molar-refractivity contribution in [3.63, 3.8) is 0 Å². The Morgan fingerprint density at radius 2 is 2.00 bits per heavy atom. The molecule has 0 bridgehead atoms. The summed E-state index contributed by atoms with van der Waals surface area (Å²) < 4.78 is 43.0. The van der Waals surface area contributed by atoms with Crippen molar-refractivity contribution in [2.45, 2.75) is 26.1 Å². The first-order valence-electron chi connectivity index (χ1n) is 6.38. The van der Waals surface area contributed by atoms with Gasteiger partial charge in [-0.1, -0.05) is 13.0 Å². The van der Waals surface area contributed by atoms with Crippen molar-refractivity contribution in [3.05, 3.63) is 29.3 Å². The maximum Gasteiger partial charge on any atom is 0.209 e. The van der Waals surface area contributed by atoms with E-state index < -0.39 is 16.2 Å². The van der Waals surface area contributed by atoms with E-state index >= 15 is 0 Å². The van der Waals surface area contributed by atoms with Gasteiger partial charge in [0.05, 0.1) is 6.26 Å². The number of nitrogens with one attached hydrogen (secondary N) is 1. The van der Waals surface area contributed by atoms with Crippen molar-refractivity contribution in [3.8, 4) is 5.75 Å². The van der Waals surface area contributed by atoms with Crippen LogP contribution in [0.15, 0.2) is 18.2 Å². The van der Waals surface area contributed by atoms with Crippen LogP contribution in [0.2, 0.25) is 0 Å². The van der Waals surface area contributed by atoms with E-state index in [0.29, 0.717) is 5.75 Å². The third-order valence-corrected chi connectivity index (χ3v) is 3.33. The lowest BCUT2D eigenvalue weighted by atomic mass is 10.1. The highest BCUT2D eigenvalue weighted by Gasteiger charge is 2.08. The van der Waals surface area contributed by atoms with Gasteiger partial charge in [-0.25, -0.2) is 17.5 Å². The topological polar surface area (TPSA) is 81.4 Å². The smallest absolute Gasteiger partial charge is 0.209 e. The zero-order valence-electron chi connectivity index (χ0n) is 11.7. The second-order valence-electron chi connectivity index (χ2n) is 4.58. The molecule has 1 aromatic carbocycles. The Hall–Kier alpha value is -1.18. The summed E-state index contributed by atoms with van der Waals surface area (Å²) in [6.07, 6.45) is 0.667. The van der Waals surface area contributed by atoms with Gasteiger partial charge < -0.3 is 10.5 Å². The number of hydrogen-bond donors (Lipinski definition) is 2. The van der Waals surface area contributed by atoms with Crippen molar-refractivity contribution in [2.24, 2.45) is 5.73 Å². The quantitative estimate of drug-likeness (QED) is 0.750. The van der Waals surface area contributed by atoms with E-state index in [4.69, 9.17) is 10.5 Å². The first-order chi connectivity index (χ1) is 9.34.